The number of nitrogens with zero attached hydrogens (tertiary/aromatic N) is 2. The Bertz CT molecular complexity index is 621. The molecule has 0 unspecified atom stereocenters. The lowest BCUT2D eigenvalue weighted by Crippen LogP contribution is -2.30. The molecule has 2 aromatic rings. The van der Waals surface area contributed by atoms with Gasteiger partial charge in [0.1, 0.15) is 6.61 Å². The number of aromatic nitrogens is 2. The van der Waals surface area contributed by atoms with Gasteiger partial charge in [-0.25, -0.2) is 0 Å². The van der Waals surface area contributed by atoms with Crippen molar-refractivity contribution in [3.05, 3.63) is 36.2 Å². The number of amides is 1. The molecule has 1 fully saturated rings. The fourth-order valence-corrected chi connectivity index (χ4v) is 2.68. The Morgan fingerprint density at radius 2 is 2.00 bits per heavy atom. The molecule has 23 heavy (non-hydrogen) atoms. The molecule has 0 aliphatic heterocycles. The standard InChI is InChI=1S/C17H21N3O3/c21-16(12-22-14-9-5-2-6-10-14)18-11-15-19-17(23-20-15)13-7-3-1-4-8-13/h1,3-4,7-8,14H,2,5-6,9-12H2,(H,18,21). The van der Waals surface area contributed by atoms with Crippen molar-refractivity contribution in [2.24, 2.45) is 0 Å². The number of carbonyl (C=O) groups is 1. The van der Waals surface area contributed by atoms with E-state index in [0.29, 0.717) is 11.7 Å². The predicted molar refractivity (Wildman–Crippen MR) is 84.4 cm³/mol. The van der Waals surface area contributed by atoms with E-state index < -0.39 is 0 Å². The summed E-state index contributed by atoms with van der Waals surface area (Å²) >= 11 is 0. The van der Waals surface area contributed by atoms with Gasteiger partial charge in [-0.15, -0.1) is 0 Å². The fraction of sp³-hybridized carbons (Fsp3) is 0.471. The number of hydrogen-bond acceptors (Lipinski definition) is 5. The third-order valence-electron chi connectivity index (χ3n) is 3.93. The SMILES string of the molecule is O=C(COC1CCCCC1)NCc1noc(-c2ccccc2)n1. The maximum atomic E-state index is 11.8. The van der Waals surface area contributed by atoms with Gasteiger partial charge in [0.2, 0.25) is 5.91 Å². The minimum absolute atomic E-state index is 0.0913. The van der Waals surface area contributed by atoms with Crippen LogP contribution in [0.2, 0.25) is 0 Å². The third kappa shape index (κ3) is 4.63. The summed E-state index contributed by atoms with van der Waals surface area (Å²) < 4.78 is 10.8. The van der Waals surface area contributed by atoms with Crippen molar-refractivity contribution in [2.75, 3.05) is 6.61 Å². The number of rotatable bonds is 6. The van der Waals surface area contributed by atoms with Gasteiger partial charge in [0.25, 0.3) is 5.89 Å². The molecule has 0 atom stereocenters. The molecule has 6 nitrogen and oxygen atoms in total. The van der Waals surface area contributed by atoms with Gasteiger partial charge in [-0.05, 0) is 25.0 Å². The molecule has 1 aromatic carbocycles. The van der Waals surface area contributed by atoms with E-state index in [4.69, 9.17) is 9.26 Å². The molecule has 1 heterocycles. The highest BCUT2D eigenvalue weighted by atomic mass is 16.5. The summed E-state index contributed by atoms with van der Waals surface area (Å²) in [4.78, 5) is 16.1. The second-order valence-corrected chi connectivity index (χ2v) is 5.73. The smallest absolute Gasteiger partial charge is 0.257 e. The maximum absolute atomic E-state index is 11.8. The largest absolute Gasteiger partial charge is 0.368 e. The molecule has 3 rings (SSSR count). The highest BCUT2D eigenvalue weighted by molar-refractivity contribution is 5.77. The summed E-state index contributed by atoms with van der Waals surface area (Å²) in [7, 11) is 0. The fourth-order valence-electron chi connectivity index (χ4n) is 2.68. The monoisotopic (exact) mass is 315 g/mol. The number of benzene rings is 1. The average Bonchev–Trinajstić information content (AvgIpc) is 3.09. The van der Waals surface area contributed by atoms with Crippen LogP contribution in [0, 0.1) is 0 Å². The molecule has 1 saturated carbocycles. The number of hydrogen-bond donors (Lipinski definition) is 1. The van der Waals surface area contributed by atoms with Crippen LogP contribution in [-0.2, 0) is 16.1 Å². The maximum Gasteiger partial charge on any atom is 0.257 e. The van der Waals surface area contributed by atoms with Gasteiger partial charge in [0, 0.05) is 5.56 Å². The van der Waals surface area contributed by atoms with E-state index in [2.05, 4.69) is 15.5 Å². The molecule has 1 aliphatic rings. The van der Waals surface area contributed by atoms with Crippen LogP contribution in [0.3, 0.4) is 0 Å². The minimum Gasteiger partial charge on any atom is -0.368 e. The molecule has 0 saturated heterocycles. The van der Waals surface area contributed by atoms with Crippen LogP contribution in [0.4, 0.5) is 0 Å². The first-order valence-electron chi connectivity index (χ1n) is 8.07. The Kier molecular flexibility index (Phi) is 5.37. The van der Waals surface area contributed by atoms with Crippen molar-refractivity contribution in [3.63, 3.8) is 0 Å². The Hall–Kier alpha value is -2.21. The molecular formula is C17H21N3O3. The van der Waals surface area contributed by atoms with E-state index in [1.165, 1.54) is 19.3 Å². The highest BCUT2D eigenvalue weighted by Gasteiger charge is 2.15. The van der Waals surface area contributed by atoms with Gasteiger partial charge < -0.3 is 14.6 Å². The van der Waals surface area contributed by atoms with Crippen LogP contribution in [0.15, 0.2) is 34.9 Å². The number of nitrogens with one attached hydrogen (secondary N) is 1. The Morgan fingerprint density at radius 3 is 2.78 bits per heavy atom. The normalized spacial score (nSPS) is 15.5. The molecule has 0 spiro atoms. The molecule has 1 aliphatic carbocycles. The van der Waals surface area contributed by atoms with E-state index in [1.807, 2.05) is 30.3 Å². The molecule has 122 valence electrons. The molecule has 1 aromatic heterocycles. The van der Waals surface area contributed by atoms with Gasteiger partial charge in [-0.2, -0.15) is 4.98 Å². The summed E-state index contributed by atoms with van der Waals surface area (Å²) in [5, 5.41) is 6.63. The first-order valence-corrected chi connectivity index (χ1v) is 8.07. The van der Waals surface area contributed by atoms with Gasteiger partial charge in [-0.3, -0.25) is 4.79 Å². The van der Waals surface area contributed by atoms with Crippen molar-refractivity contribution in [1.82, 2.24) is 15.5 Å². The van der Waals surface area contributed by atoms with E-state index >= 15 is 0 Å². The zero-order valence-corrected chi connectivity index (χ0v) is 13.0. The van der Waals surface area contributed by atoms with Crippen molar-refractivity contribution < 1.29 is 14.1 Å². The van der Waals surface area contributed by atoms with Crippen LogP contribution in [-0.4, -0.2) is 28.8 Å². The molecule has 0 radical (unpaired) electrons. The first-order chi connectivity index (χ1) is 11.3. The summed E-state index contributed by atoms with van der Waals surface area (Å²) in [6, 6.07) is 9.53. The predicted octanol–water partition coefficient (Wildman–Crippen LogP) is 2.70. The minimum atomic E-state index is -0.151. The second kappa shape index (κ2) is 7.87. The Balaban J connectivity index is 1.43. The molecule has 6 heteroatoms. The van der Waals surface area contributed by atoms with Crippen LogP contribution in [0.25, 0.3) is 11.5 Å². The topological polar surface area (TPSA) is 77.2 Å². The second-order valence-electron chi connectivity index (χ2n) is 5.73. The van der Waals surface area contributed by atoms with Crippen molar-refractivity contribution >= 4 is 5.91 Å². The average molecular weight is 315 g/mol. The Labute approximate surface area is 135 Å². The van der Waals surface area contributed by atoms with E-state index in [9.17, 15) is 4.79 Å². The molecule has 1 N–H and O–H groups in total. The van der Waals surface area contributed by atoms with E-state index in [1.54, 1.807) is 0 Å². The molecule has 1 amide bonds. The van der Waals surface area contributed by atoms with Crippen LogP contribution in [0.5, 0.6) is 0 Å². The molecular weight excluding hydrogens is 294 g/mol. The zero-order chi connectivity index (χ0) is 15.9. The van der Waals surface area contributed by atoms with E-state index in [0.717, 1.165) is 18.4 Å². The molecule has 0 bridgehead atoms. The first kappa shape index (κ1) is 15.7. The van der Waals surface area contributed by atoms with Crippen LogP contribution >= 0.6 is 0 Å². The van der Waals surface area contributed by atoms with Crippen LogP contribution in [0.1, 0.15) is 37.9 Å². The van der Waals surface area contributed by atoms with Gasteiger partial charge in [0.15, 0.2) is 5.82 Å². The number of ether oxygens (including phenoxy) is 1. The van der Waals surface area contributed by atoms with Gasteiger partial charge in [0.05, 0.1) is 12.6 Å². The number of carbonyl (C=O) groups excluding carboxylic acids is 1. The third-order valence-corrected chi connectivity index (χ3v) is 3.93. The van der Waals surface area contributed by atoms with Crippen molar-refractivity contribution in [3.8, 4) is 11.5 Å². The van der Waals surface area contributed by atoms with Crippen molar-refractivity contribution in [1.29, 1.82) is 0 Å². The lowest BCUT2D eigenvalue weighted by molar-refractivity contribution is -0.128. The Morgan fingerprint density at radius 1 is 1.22 bits per heavy atom. The van der Waals surface area contributed by atoms with Gasteiger partial charge >= 0.3 is 0 Å². The highest BCUT2D eigenvalue weighted by Crippen LogP contribution is 2.20. The lowest BCUT2D eigenvalue weighted by Gasteiger charge is -2.21. The van der Waals surface area contributed by atoms with E-state index in [-0.39, 0.29) is 25.2 Å². The summed E-state index contributed by atoms with van der Waals surface area (Å²) in [6.07, 6.45) is 5.99. The zero-order valence-electron chi connectivity index (χ0n) is 13.0. The summed E-state index contributed by atoms with van der Waals surface area (Å²) in [5.74, 6) is 0.754. The van der Waals surface area contributed by atoms with Crippen LogP contribution < -0.4 is 5.32 Å². The summed E-state index contributed by atoms with van der Waals surface area (Å²) in [5.41, 5.74) is 0.859. The van der Waals surface area contributed by atoms with Gasteiger partial charge in [-0.1, -0.05) is 42.6 Å². The van der Waals surface area contributed by atoms with Crippen molar-refractivity contribution in [2.45, 2.75) is 44.8 Å². The summed E-state index contributed by atoms with van der Waals surface area (Å²) in [6.45, 7) is 0.331. The quantitative estimate of drug-likeness (QED) is 0.887. The lowest BCUT2D eigenvalue weighted by atomic mass is 9.98.